The molecule has 4 rings (SSSR count). The van der Waals surface area contributed by atoms with E-state index in [-0.39, 0.29) is 42.4 Å². The van der Waals surface area contributed by atoms with Gasteiger partial charge in [-0.3, -0.25) is 5.32 Å². The maximum absolute atomic E-state index is 12.0. The number of ether oxygens (including phenoxy) is 5. The van der Waals surface area contributed by atoms with Crippen LogP contribution in [0.5, 0.6) is 23.1 Å². The molecular formula is C23H24N6O8S. The third kappa shape index (κ3) is 7.27. The van der Waals surface area contributed by atoms with Crippen molar-refractivity contribution in [2.75, 3.05) is 56.8 Å². The van der Waals surface area contributed by atoms with Gasteiger partial charge in [0.1, 0.15) is 19.0 Å². The van der Waals surface area contributed by atoms with Crippen molar-refractivity contribution in [3.8, 4) is 23.1 Å². The predicted molar refractivity (Wildman–Crippen MR) is 134 cm³/mol. The average molecular weight is 545 g/mol. The van der Waals surface area contributed by atoms with Gasteiger partial charge in [0.15, 0.2) is 11.5 Å². The molecule has 200 valence electrons. The summed E-state index contributed by atoms with van der Waals surface area (Å²) < 4.78 is 54.2. The molecule has 0 atom stereocenters. The number of amides is 1. The van der Waals surface area contributed by atoms with Gasteiger partial charge >= 0.3 is 16.6 Å². The van der Waals surface area contributed by atoms with E-state index >= 15 is 0 Å². The van der Waals surface area contributed by atoms with E-state index in [1.54, 1.807) is 47.4 Å². The van der Waals surface area contributed by atoms with Crippen LogP contribution >= 0.6 is 0 Å². The van der Waals surface area contributed by atoms with E-state index in [1.165, 1.54) is 13.3 Å². The number of pyridine rings is 1. The Morgan fingerprint density at radius 1 is 1.08 bits per heavy atom. The van der Waals surface area contributed by atoms with Crippen LogP contribution in [0.15, 0.2) is 53.0 Å². The van der Waals surface area contributed by atoms with E-state index in [0.717, 1.165) is 0 Å². The summed E-state index contributed by atoms with van der Waals surface area (Å²) in [5.41, 5.74) is 0. The number of anilines is 2. The van der Waals surface area contributed by atoms with Crippen molar-refractivity contribution in [3.63, 3.8) is 0 Å². The number of rotatable bonds is 10. The van der Waals surface area contributed by atoms with Crippen molar-refractivity contribution >= 4 is 34.2 Å². The lowest BCUT2D eigenvalue weighted by Gasteiger charge is -2.27. The molecule has 0 bridgehead atoms. The van der Waals surface area contributed by atoms with Gasteiger partial charge in [0.25, 0.3) is 5.88 Å². The number of methoxy groups -OCH3 is 1. The van der Waals surface area contributed by atoms with Gasteiger partial charge in [0.05, 0.1) is 20.3 Å². The molecule has 14 nitrogen and oxygen atoms in total. The van der Waals surface area contributed by atoms with Crippen molar-refractivity contribution in [1.82, 2.24) is 15.0 Å². The summed E-state index contributed by atoms with van der Waals surface area (Å²) in [6.07, 6.45) is 0.799. The molecule has 0 saturated carbocycles. The first-order valence-electron chi connectivity index (χ1n) is 11.4. The topological polar surface area (TPSA) is 164 Å². The Balaban J connectivity index is 1.59. The molecule has 0 unspecified atom stereocenters. The first kappa shape index (κ1) is 26.6. The highest BCUT2D eigenvalue weighted by molar-refractivity contribution is 7.61. The summed E-state index contributed by atoms with van der Waals surface area (Å²) in [7, 11) is -1.39. The predicted octanol–water partition coefficient (Wildman–Crippen LogP) is 2.83. The highest BCUT2D eigenvalue weighted by atomic mass is 32.2. The van der Waals surface area contributed by atoms with E-state index in [1.807, 2.05) is 0 Å². The molecule has 1 aromatic carbocycles. The van der Waals surface area contributed by atoms with Gasteiger partial charge in [-0.2, -0.15) is 18.4 Å². The highest BCUT2D eigenvalue weighted by Crippen LogP contribution is 2.42. The molecule has 0 spiro atoms. The average Bonchev–Trinajstić information content (AvgIpc) is 2.93. The van der Waals surface area contributed by atoms with E-state index in [0.29, 0.717) is 37.9 Å². The van der Waals surface area contributed by atoms with Gasteiger partial charge in [-0.15, -0.1) is 4.36 Å². The zero-order valence-corrected chi connectivity index (χ0v) is 21.1. The zero-order valence-electron chi connectivity index (χ0n) is 20.3. The lowest BCUT2D eigenvalue weighted by molar-refractivity contribution is 0.121. The Bertz CT molecular complexity index is 1380. The Morgan fingerprint density at radius 2 is 1.84 bits per heavy atom. The number of benzene rings is 1. The van der Waals surface area contributed by atoms with Gasteiger partial charge < -0.3 is 28.6 Å². The second-order valence-electron chi connectivity index (χ2n) is 7.47. The number of aromatic nitrogens is 3. The molecule has 3 heterocycles. The Labute approximate surface area is 219 Å². The lowest BCUT2D eigenvalue weighted by atomic mass is 10.3. The zero-order chi connectivity index (χ0) is 26.7. The van der Waals surface area contributed by atoms with E-state index in [4.69, 9.17) is 23.7 Å². The molecule has 2 aromatic heterocycles. The number of nitrogens with one attached hydrogen (secondary N) is 1. The first-order valence-corrected chi connectivity index (χ1v) is 12.4. The third-order valence-corrected chi connectivity index (χ3v) is 5.31. The molecule has 1 fully saturated rings. The molecule has 3 aromatic rings. The van der Waals surface area contributed by atoms with Gasteiger partial charge in [-0.1, -0.05) is 18.2 Å². The summed E-state index contributed by atoms with van der Waals surface area (Å²) in [5, 5.41) is 2.49. The van der Waals surface area contributed by atoms with Gasteiger partial charge in [0.2, 0.25) is 17.5 Å². The van der Waals surface area contributed by atoms with E-state index in [9.17, 15) is 13.2 Å². The van der Waals surface area contributed by atoms with Crippen molar-refractivity contribution in [2.45, 2.75) is 0 Å². The van der Waals surface area contributed by atoms with Crippen LogP contribution in [0.1, 0.15) is 0 Å². The molecule has 1 aliphatic rings. The summed E-state index contributed by atoms with van der Waals surface area (Å²) in [6.45, 7) is 1.53. The Morgan fingerprint density at radius 3 is 2.55 bits per heavy atom. The lowest BCUT2D eigenvalue weighted by Crippen LogP contribution is -2.37. The molecular weight excluding hydrogens is 520 g/mol. The largest absolute Gasteiger partial charge is 0.493 e. The standard InChI is InChI=1S/C23H24N6O8S/c1-33-16-6-2-3-7-17(16)37-19-20(28-38(31)32)26-22(29-10-12-34-13-11-29)27-21(19)35-14-15-36-23(30)25-18-8-4-5-9-24-18/h2-9H,10-15H2,1H3,(H,24,25,30). The van der Waals surface area contributed by atoms with Crippen molar-refractivity contribution < 1.29 is 36.9 Å². The molecule has 1 saturated heterocycles. The number of hydrogen-bond acceptors (Lipinski definition) is 13. The third-order valence-electron chi connectivity index (χ3n) is 4.99. The fourth-order valence-electron chi connectivity index (χ4n) is 3.30. The van der Waals surface area contributed by atoms with Crippen LogP contribution < -0.4 is 24.4 Å². The molecule has 0 radical (unpaired) electrons. The van der Waals surface area contributed by atoms with E-state index < -0.39 is 16.6 Å². The number of morpholine rings is 1. The Hall–Kier alpha value is -4.50. The van der Waals surface area contributed by atoms with Gasteiger partial charge in [0, 0.05) is 19.3 Å². The normalized spacial score (nSPS) is 12.8. The van der Waals surface area contributed by atoms with Crippen LogP contribution in [0.2, 0.25) is 0 Å². The molecule has 0 aliphatic carbocycles. The number of carbonyl (C=O) groups excluding carboxylic acids is 1. The molecule has 15 heteroatoms. The van der Waals surface area contributed by atoms with Crippen LogP contribution in [0.3, 0.4) is 0 Å². The summed E-state index contributed by atoms with van der Waals surface area (Å²) >= 11 is 0. The van der Waals surface area contributed by atoms with Gasteiger partial charge in [-0.25, -0.2) is 9.78 Å². The van der Waals surface area contributed by atoms with Crippen molar-refractivity contribution in [3.05, 3.63) is 48.7 Å². The SMILES string of the molecule is COc1ccccc1Oc1c(N=S(=O)=O)nc(N2CCOCC2)nc1OCCOC(=O)Nc1ccccn1. The van der Waals surface area contributed by atoms with Crippen molar-refractivity contribution in [1.29, 1.82) is 0 Å². The summed E-state index contributed by atoms with van der Waals surface area (Å²) in [4.78, 5) is 26.6. The maximum Gasteiger partial charge on any atom is 0.412 e. The molecule has 1 N–H and O–H groups in total. The number of nitrogens with zero attached hydrogens (tertiary/aromatic N) is 5. The van der Waals surface area contributed by atoms with E-state index in [2.05, 4.69) is 24.6 Å². The van der Waals surface area contributed by atoms with Crippen LogP contribution in [0.4, 0.5) is 22.4 Å². The molecule has 1 amide bonds. The van der Waals surface area contributed by atoms with Crippen LogP contribution in [-0.2, 0) is 20.0 Å². The number of para-hydroxylation sites is 2. The van der Waals surface area contributed by atoms with Gasteiger partial charge in [-0.05, 0) is 24.3 Å². The maximum atomic E-state index is 12.0. The monoisotopic (exact) mass is 544 g/mol. The fourth-order valence-corrected chi connectivity index (χ4v) is 3.56. The Kier molecular flexibility index (Phi) is 9.20. The van der Waals surface area contributed by atoms with Crippen LogP contribution in [-0.4, -0.2) is 76.1 Å². The quantitative estimate of drug-likeness (QED) is 0.372. The minimum atomic E-state index is -2.86. The van der Waals surface area contributed by atoms with Crippen LogP contribution in [0, 0.1) is 0 Å². The number of carbonyl (C=O) groups is 1. The fraction of sp³-hybridized carbons (Fsp3) is 0.304. The highest BCUT2D eigenvalue weighted by Gasteiger charge is 2.24. The molecule has 38 heavy (non-hydrogen) atoms. The molecule has 1 aliphatic heterocycles. The smallest absolute Gasteiger partial charge is 0.412 e. The van der Waals surface area contributed by atoms with Crippen LogP contribution in [0.25, 0.3) is 0 Å². The number of hydrogen-bond donors (Lipinski definition) is 1. The van der Waals surface area contributed by atoms with Crippen molar-refractivity contribution in [2.24, 2.45) is 4.36 Å². The minimum absolute atomic E-state index is 0.106. The second kappa shape index (κ2) is 13.2. The summed E-state index contributed by atoms with van der Waals surface area (Å²) in [6, 6.07) is 11.8. The summed E-state index contributed by atoms with van der Waals surface area (Å²) in [5.74, 6) is 0.590. The minimum Gasteiger partial charge on any atom is -0.493 e. The second-order valence-corrected chi connectivity index (χ2v) is 8.08. The first-order chi connectivity index (χ1) is 18.5.